The molecule has 1 heterocycles. The van der Waals surface area contributed by atoms with E-state index in [1.54, 1.807) is 0 Å². The van der Waals surface area contributed by atoms with Gasteiger partial charge in [-0.25, -0.2) is 0 Å². The summed E-state index contributed by atoms with van der Waals surface area (Å²) in [6.45, 7) is 10.0. The van der Waals surface area contributed by atoms with Gasteiger partial charge in [-0.05, 0) is 20.8 Å². The summed E-state index contributed by atoms with van der Waals surface area (Å²) in [6.07, 6.45) is 0. The first-order valence-corrected chi connectivity index (χ1v) is 5.17. The third-order valence-electron chi connectivity index (χ3n) is 2.90. The van der Waals surface area contributed by atoms with Crippen molar-refractivity contribution in [1.82, 2.24) is 9.80 Å². The SMILES string of the molecule is CCN(CC)C1=[N+](C)C(C)CN1C. The maximum Gasteiger partial charge on any atom is 0.350 e. The summed E-state index contributed by atoms with van der Waals surface area (Å²) >= 11 is 0. The molecule has 0 aromatic rings. The van der Waals surface area contributed by atoms with Gasteiger partial charge in [-0.3, -0.25) is 14.4 Å². The molecule has 0 fully saturated rings. The minimum atomic E-state index is 0.639. The van der Waals surface area contributed by atoms with Crippen LogP contribution in [0.15, 0.2) is 0 Å². The Hall–Kier alpha value is -0.730. The highest BCUT2D eigenvalue weighted by Crippen LogP contribution is 2.08. The fourth-order valence-electron chi connectivity index (χ4n) is 2.04. The Morgan fingerprint density at radius 3 is 2.31 bits per heavy atom. The number of hydrogen-bond donors (Lipinski definition) is 0. The van der Waals surface area contributed by atoms with Gasteiger partial charge in [0, 0.05) is 0 Å². The van der Waals surface area contributed by atoms with Gasteiger partial charge < -0.3 is 0 Å². The number of hydrogen-bond acceptors (Lipinski definition) is 2. The molecule has 1 unspecified atom stereocenters. The van der Waals surface area contributed by atoms with Gasteiger partial charge >= 0.3 is 5.96 Å². The number of rotatable bonds is 2. The Bertz CT molecular complexity index is 206. The molecule has 0 spiro atoms. The fourth-order valence-corrected chi connectivity index (χ4v) is 2.04. The van der Waals surface area contributed by atoms with Crippen LogP contribution in [0.3, 0.4) is 0 Å². The van der Waals surface area contributed by atoms with Crippen molar-refractivity contribution in [3.05, 3.63) is 0 Å². The van der Waals surface area contributed by atoms with Crippen molar-refractivity contribution < 1.29 is 4.58 Å². The summed E-state index contributed by atoms with van der Waals surface area (Å²) in [4.78, 5) is 4.75. The Morgan fingerprint density at radius 1 is 1.46 bits per heavy atom. The standard InChI is InChI=1S/C10H22N3/c1-6-13(7-2)10-11(4)8-9(3)12(10)5/h9H,6-8H2,1-5H3/q+1. The molecule has 1 aliphatic rings. The van der Waals surface area contributed by atoms with Crippen molar-refractivity contribution in [2.75, 3.05) is 33.7 Å². The molecule has 0 saturated carbocycles. The zero-order chi connectivity index (χ0) is 10.0. The lowest BCUT2D eigenvalue weighted by Crippen LogP contribution is -2.42. The molecule has 0 aromatic heterocycles. The summed E-state index contributed by atoms with van der Waals surface area (Å²) in [6, 6.07) is 0.639. The van der Waals surface area contributed by atoms with Crippen LogP contribution in [0.5, 0.6) is 0 Å². The van der Waals surface area contributed by atoms with E-state index in [2.05, 4.69) is 49.2 Å². The first kappa shape index (κ1) is 10.4. The van der Waals surface area contributed by atoms with E-state index in [0.717, 1.165) is 19.6 Å². The molecule has 0 aromatic carbocycles. The average molecular weight is 184 g/mol. The maximum absolute atomic E-state index is 2.41. The second-order valence-corrected chi connectivity index (χ2v) is 3.81. The van der Waals surface area contributed by atoms with Crippen LogP contribution >= 0.6 is 0 Å². The number of likely N-dealkylation sites (N-methyl/N-ethyl adjacent to an activating group) is 2. The summed E-state index contributed by atoms with van der Waals surface area (Å²) in [5, 5.41) is 0. The van der Waals surface area contributed by atoms with E-state index < -0.39 is 0 Å². The van der Waals surface area contributed by atoms with Gasteiger partial charge in [-0.1, -0.05) is 0 Å². The summed E-state index contributed by atoms with van der Waals surface area (Å²) in [5.41, 5.74) is 0. The molecular formula is C10H22N3+. The molecule has 0 radical (unpaired) electrons. The topological polar surface area (TPSA) is 9.49 Å². The third kappa shape index (κ3) is 1.79. The largest absolute Gasteiger partial charge is 0.350 e. The molecule has 3 heteroatoms. The van der Waals surface area contributed by atoms with Gasteiger partial charge in [-0.2, -0.15) is 0 Å². The molecule has 1 atom stereocenters. The van der Waals surface area contributed by atoms with Crippen molar-refractivity contribution in [2.45, 2.75) is 26.8 Å². The molecule has 0 aliphatic carbocycles. The van der Waals surface area contributed by atoms with Crippen molar-refractivity contribution in [2.24, 2.45) is 0 Å². The minimum absolute atomic E-state index is 0.639. The lowest BCUT2D eigenvalue weighted by atomic mass is 10.3. The van der Waals surface area contributed by atoms with E-state index in [4.69, 9.17) is 0 Å². The number of guanidine groups is 1. The second kappa shape index (κ2) is 3.99. The highest BCUT2D eigenvalue weighted by atomic mass is 15.4. The van der Waals surface area contributed by atoms with Crippen LogP contribution in [0.2, 0.25) is 0 Å². The predicted molar refractivity (Wildman–Crippen MR) is 56.2 cm³/mol. The first-order chi connectivity index (χ1) is 6.11. The molecule has 13 heavy (non-hydrogen) atoms. The van der Waals surface area contributed by atoms with Crippen LogP contribution in [0.25, 0.3) is 0 Å². The van der Waals surface area contributed by atoms with E-state index >= 15 is 0 Å². The quantitative estimate of drug-likeness (QED) is 0.583. The molecule has 0 bridgehead atoms. The first-order valence-electron chi connectivity index (χ1n) is 5.17. The molecule has 76 valence electrons. The van der Waals surface area contributed by atoms with E-state index in [-0.39, 0.29) is 0 Å². The lowest BCUT2D eigenvalue weighted by molar-refractivity contribution is -0.527. The smallest absolute Gasteiger partial charge is 0.265 e. The predicted octanol–water partition coefficient (Wildman–Crippen LogP) is 0.660. The maximum atomic E-state index is 2.41. The van der Waals surface area contributed by atoms with Crippen LogP contribution < -0.4 is 0 Å². The van der Waals surface area contributed by atoms with Crippen LogP contribution in [-0.4, -0.2) is 60.1 Å². The monoisotopic (exact) mass is 184 g/mol. The van der Waals surface area contributed by atoms with Gasteiger partial charge in [0.15, 0.2) is 0 Å². The van der Waals surface area contributed by atoms with E-state index in [1.165, 1.54) is 5.96 Å². The zero-order valence-electron chi connectivity index (χ0n) is 9.54. The van der Waals surface area contributed by atoms with Crippen LogP contribution in [0.4, 0.5) is 0 Å². The average Bonchev–Trinajstić information content (AvgIpc) is 2.34. The Labute approximate surface area is 81.6 Å². The Balaban J connectivity index is 2.86. The highest BCUT2D eigenvalue weighted by molar-refractivity contribution is 5.76. The minimum Gasteiger partial charge on any atom is -0.265 e. The van der Waals surface area contributed by atoms with E-state index in [1.807, 2.05) is 0 Å². The van der Waals surface area contributed by atoms with Crippen molar-refractivity contribution >= 4 is 5.96 Å². The van der Waals surface area contributed by atoms with Crippen molar-refractivity contribution in [3.63, 3.8) is 0 Å². The fraction of sp³-hybridized carbons (Fsp3) is 0.900. The van der Waals surface area contributed by atoms with Gasteiger partial charge in [0.2, 0.25) is 0 Å². The molecule has 0 amide bonds. The summed E-state index contributed by atoms with van der Waals surface area (Å²) in [7, 11) is 4.36. The third-order valence-corrected chi connectivity index (χ3v) is 2.90. The van der Waals surface area contributed by atoms with Crippen LogP contribution in [-0.2, 0) is 0 Å². The summed E-state index contributed by atoms with van der Waals surface area (Å²) < 4.78 is 2.37. The second-order valence-electron chi connectivity index (χ2n) is 3.81. The molecule has 3 nitrogen and oxygen atoms in total. The van der Waals surface area contributed by atoms with Crippen molar-refractivity contribution in [3.8, 4) is 0 Å². The highest BCUT2D eigenvalue weighted by Gasteiger charge is 2.33. The molecule has 0 N–H and O–H groups in total. The van der Waals surface area contributed by atoms with Gasteiger partial charge in [0.1, 0.15) is 6.04 Å². The lowest BCUT2D eigenvalue weighted by Gasteiger charge is -2.19. The van der Waals surface area contributed by atoms with Gasteiger partial charge in [-0.15, -0.1) is 0 Å². The van der Waals surface area contributed by atoms with Gasteiger partial charge in [0.25, 0.3) is 0 Å². The molecule has 0 saturated heterocycles. The molecule has 1 rings (SSSR count). The van der Waals surface area contributed by atoms with E-state index in [0.29, 0.717) is 6.04 Å². The zero-order valence-corrected chi connectivity index (χ0v) is 9.54. The Morgan fingerprint density at radius 2 is 2.00 bits per heavy atom. The number of nitrogens with zero attached hydrogens (tertiary/aromatic N) is 3. The Kier molecular flexibility index (Phi) is 3.17. The van der Waals surface area contributed by atoms with Gasteiger partial charge in [0.05, 0.1) is 33.7 Å². The van der Waals surface area contributed by atoms with E-state index in [9.17, 15) is 0 Å². The summed E-state index contributed by atoms with van der Waals surface area (Å²) in [5.74, 6) is 1.37. The molecule has 1 aliphatic heterocycles. The van der Waals surface area contributed by atoms with Crippen molar-refractivity contribution in [1.29, 1.82) is 0 Å². The van der Waals surface area contributed by atoms with Crippen LogP contribution in [0.1, 0.15) is 20.8 Å². The van der Waals surface area contributed by atoms with Crippen LogP contribution in [0, 0.1) is 0 Å². The molecular weight excluding hydrogens is 162 g/mol. The normalized spacial score (nSPS) is 22.8.